The number of halogens is 1. The number of amides is 2. The molecule has 1 saturated heterocycles. The van der Waals surface area contributed by atoms with Gasteiger partial charge in [0.25, 0.3) is 11.7 Å². The highest BCUT2D eigenvalue weighted by Crippen LogP contribution is 2.43. The van der Waals surface area contributed by atoms with Crippen LogP contribution in [0.15, 0.2) is 78.4 Å². The van der Waals surface area contributed by atoms with Crippen LogP contribution in [0.5, 0.6) is 5.75 Å². The SMILES string of the molecule is COc1cccc(C2/C(=C(/O)c3cccc(Cl)c3)C(=O)C(=O)N2c2ccc(NC(C)=O)cc2)c1. The molecule has 1 heterocycles. The molecular formula is C26H21ClN2O5. The Kier molecular flexibility index (Phi) is 6.38. The summed E-state index contributed by atoms with van der Waals surface area (Å²) in [5, 5.41) is 14.2. The van der Waals surface area contributed by atoms with Gasteiger partial charge in [0.15, 0.2) is 0 Å². The molecule has 0 aromatic heterocycles. The van der Waals surface area contributed by atoms with Crippen LogP contribution in [-0.4, -0.2) is 29.8 Å². The highest BCUT2D eigenvalue weighted by molar-refractivity contribution is 6.51. The van der Waals surface area contributed by atoms with Crippen LogP contribution in [0.1, 0.15) is 24.1 Å². The summed E-state index contributed by atoms with van der Waals surface area (Å²) in [4.78, 5) is 39.1. The van der Waals surface area contributed by atoms with E-state index in [-0.39, 0.29) is 17.2 Å². The molecule has 2 N–H and O–H groups in total. The highest BCUT2D eigenvalue weighted by Gasteiger charge is 2.47. The number of methoxy groups -OCH3 is 1. The number of nitrogens with one attached hydrogen (secondary N) is 1. The Morgan fingerprint density at radius 1 is 1.03 bits per heavy atom. The van der Waals surface area contributed by atoms with Crippen molar-refractivity contribution >= 4 is 46.3 Å². The zero-order valence-corrected chi connectivity index (χ0v) is 19.2. The van der Waals surface area contributed by atoms with E-state index in [0.717, 1.165) is 0 Å². The van der Waals surface area contributed by atoms with E-state index < -0.39 is 17.7 Å². The Balaban J connectivity index is 1.90. The molecule has 34 heavy (non-hydrogen) atoms. The van der Waals surface area contributed by atoms with Crippen LogP contribution in [0.2, 0.25) is 5.02 Å². The molecule has 3 aromatic rings. The van der Waals surface area contributed by atoms with Gasteiger partial charge >= 0.3 is 0 Å². The molecule has 8 heteroatoms. The number of ketones is 1. The first-order valence-corrected chi connectivity index (χ1v) is 10.8. The molecular weight excluding hydrogens is 456 g/mol. The van der Waals surface area contributed by atoms with Gasteiger partial charge in [-0.15, -0.1) is 0 Å². The highest BCUT2D eigenvalue weighted by atomic mass is 35.5. The summed E-state index contributed by atoms with van der Waals surface area (Å²) in [6.45, 7) is 1.39. The first kappa shape index (κ1) is 23.1. The molecule has 1 unspecified atom stereocenters. The minimum Gasteiger partial charge on any atom is -0.507 e. The van der Waals surface area contributed by atoms with Crippen molar-refractivity contribution in [3.8, 4) is 5.75 Å². The lowest BCUT2D eigenvalue weighted by Crippen LogP contribution is -2.29. The fraction of sp³-hybridized carbons (Fsp3) is 0.115. The number of benzene rings is 3. The Morgan fingerprint density at radius 2 is 1.74 bits per heavy atom. The molecule has 4 rings (SSSR count). The average molecular weight is 477 g/mol. The van der Waals surface area contributed by atoms with Gasteiger partial charge in [-0.05, 0) is 54.1 Å². The second-order valence-corrected chi connectivity index (χ2v) is 8.12. The molecule has 1 fully saturated rings. The number of rotatable bonds is 5. The topological polar surface area (TPSA) is 95.9 Å². The van der Waals surface area contributed by atoms with Crippen molar-refractivity contribution in [2.24, 2.45) is 0 Å². The van der Waals surface area contributed by atoms with Gasteiger partial charge in [0.05, 0.1) is 18.7 Å². The normalized spacial score (nSPS) is 17.0. The maximum absolute atomic E-state index is 13.2. The van der Waals surface area contributed by atoms with Crippen molar-refractivity contribution in [1.82, 2.24) is 0 Å². The quantitative estimate of drug-likeness (QED) is 0.309. The summed E-state index contributed by atoms with van der Waals surface area (Å²) in [5.74, 6) is -1.64. The Hall–Kier alpha value is -4.10. The van der Waals surface area contributed by atoms with Crippen LogP contribution in [0.25, 0.3) is 5.76 Å². The summed E-state index contributed by atoms with van der Waals surface area (Å²) in [6.07, 6.45) is 0. The number of carbonyl (C=O) groups excluding carboxylic acids is 3. The van der Waals surface area contributed by atoms with Crippen molar-refractivity contribution < 1.29 is 24.2 Å². The molecule has 1 aliphatic heterocycles. The van der Waals surface area contributed by atoms with Crippen LogP contribution < -0.4 is 15.0 Å². The number of carbonyl (C=O) groups is 3. The zero-order chi connectivity index (χ0) is 24.4. The Bertz CT molecular complexity index is 1320. The van der Waals surface area contributed by atoms with Crippen molar-refractivity contribution in [3.63, 3.8) is 0 Å². The van der Waals surface area contributed by atoms with E-state index >= 15 is 0 Å². The van der Waals surface area contributed by atoms with Crippen molar-refractivity contribution in [1.29, 1.82) is 0 Å². The lowest BCUT2D eigenvalue weighted by Gasteiger charge is -2.26. The van der Waals surface area contributed by atoms with E-state index in [2.05, 4.69) is 5.32 Å². The average Bonchev–Trinajstić information content (AvgIpc) is 3.09. The van der Waals surface area contributed by atoms with Crippen molar-refractivity contribution in [2.45, 2.75) is 13.0 Å². The molecule has 0 spiro atoms. The molecule has 0 radical (unpaired) electrons. The number of anilines is 2. The Morgan fingerprint density at radius 3 is 2.38 bits per heavy atom. The summed E-state index contributed by atoms with van der Waals surface area (Å²) < 4.78 is 5.33. The maximum atomic E-state index is 13.2. The van der Waals surface area contributed by atoms with E-state index in [0.29, 0.717) is 33.3 Å². The molecule has 3 aromatic carbocycles. The lowest BCUT2D eigenvalue weighted by molar-refractivity contribution is -0.132. The van der Waals surface area contributed by atoms with E-state index in [1.807, 2.05) is 0 Å². The third-order valence-electron chi connectivity index (χ3n) is 5.42. The second-order valence-electron chi connectivity index (χ2n) is 7.68. The number of hydrogen-bond donors (Lipinski definition) is 2. The molecule has 2 amide bonds. The predicted molar refractivity (Wildman–Crippen MR) is 130 cm³/mol. The molecule has 0 bridgehead atoms. The van der Waals surface area contributed by atoms with Crippen molar-refractivity contribution in [3.05, 3.63) is 94.5 Å². The van der Waals surface area contributed by atoms with E-state index in [1.165, 1.54) is 25.0 Å². The summed E-state index contributed by atoms with van der Waals surface area (Å²) in [6, 6.07) is 19.0. The standard InChI is InChI=1S/C26H21ClN2O5/c1-15(30)28-19-9-11-20(12-10-19)29-23(16-5-4-8-21(14-16)34-2)22(25(32)26(29)33)24(31)17-6-3-7-18(27)13-17/h3-14,23,31H,1-2H3,(H,28,30)/b24-22-. The Labute approximate surface area is 201 Å². The van der Waals surface area contributed by atoms with Gasteiger partial charge in [0, 0.05) is 28.9 Å². The third-order valence-corrected chi connectivity index (χ3v) is 5.65. The van der Waals surface area contributed by atoms with Gasteiger partial charge in [-0.25, -0.2) is 0 Å². The lowest BCUT2D eigenvalue weighted by atomic mass is 9.95. The number of nitrogens with zero attached hydrogens (tertiary/aromatic N) is 1. The first-order valence-electron chi connectivity index (χ1n) is 10.4. The number of Topliss-reactive ketones (excluding diaryl/α,β-unsaturated/α-hetero) is 1. The predicted octanol–water partition coefficient (Wildman–Crippen LogP) is 4.93. The largest absolute Gasteiger partial charge is 0.507 e. The molecule has 172 valence electrons. The van der Waals surface area contributed by atoms with Crippen LogP contribution >= 0.6 is 11.6 Å². The minimum atomic E-state index is -0.916. The maximum Gasteiger partial charge on any atom is 0.300 e. The van der Waals surface area contributed by atoms with Crippen LogP contribution in [-0.2, 0) is 14.4 Å². The van der Waals surface area contributed by atoms with Crippen LogP contribution in [0, 0.1) is 0 Å². The molecule has 0 aliphatic carbocycles. The van der Waals surface area contributed by atoms with Crippen molar-refractivity contribution in [2.75, 3.05) is 17.3 Å². The number of aliphatic hydroxyl groups excluding tert-OH is 1. The van der Waals surface area contributed by atoms with Gasteiger partial charge < -0.3 is 15.2 Å². The smallest absolute Gasteiger partial charge is 0.300 e. The number of hydrogen-bond acceptors (Lipinski definition) is 5. The minimum absolute atomic E-state index is 0.0635. The van der Waals surface area contributed by atoms with Gasteiger partial charge in [-0.3, -0.25) is 19.3 Å². The van der Waals surface area contributed by atoms with Gasteiger partial charge in [0.1, 0.15) is 11.5 Å². The van der Waals surface area contributed by atoms with Crippen LogP contribution in [0.4, 0.5) is 11.4 Å². The first-order chi connectivity index (χ1) is 16.3. The third kappa shape index (κ3) is 4.38. The van der Waals surface area contributed by atoms with E-state index in [9.17, 15) is 19.5 Å². The van der Waals surface area contributed by atoms with Crippen LogP contribution in [0.3, 0.4) is 0 Å². The summed E-state index contributed by atoms with van der Waals surface area (Å²) >= 11 is 6.09. The molecule has 1 atom stereocenters. The second kappa shape index (κ2) is 9.41. The van der Waals surface area contributed by atoms with Gasteiger partial charge in [0.2, 0.25) is 5.91 Å². The summed E-state index contributed by atoms with van der Waals surface area (Å²) in [5.41, 5.74) is 1.80. The zero-order valence-electron chi connectivity index (χ0n) is 18.4. The fourth-order valence-electron chi connectivity index (χ4n) is 3.93. The number of aliphatic hydroxyl groups is 1. The molecule has 7 nitrogen and oxygen atoms in total. The monoisotopic (exact) mass is 476 g/mol. The summed E-state index contributed by atoms with van der Waals surface area (Å²) in [7, 11) is 1.52. The molecule has 1 aliphatic rings. The van der Waals surface area contributed by atoms with Gasteiger partial charge in [-0.1, -0.05) is 35.9 Å². The van der Waals surface area contributed by atoms with E-state index in [1.54, 1.807) is 66.7 Å². The fourth-order valence-corrected chi connectivity index (χ4v) is 4.12. The van der Waals surface area contributed by atoms with E-state index in [4.69, 9.17) is 16.3 Å². The molecule has 0 saturated carbocycles. The number of ether oxygens (including phenoxy) is 1. The van der Waals surface area contributed by atoms with Gasteiger partial charge in [-0.2, -0.15) is 0 Å².